The van der Waals surface area contributed by atoms with E-state index < -0.39 is 0 Å². The first kappa shape index (κ1) is 12.9. The number of nitro groups is 1. The van der Waals surface area contributed by atoms with Crippen molar-refractivity contribution in [2.45, 2.75) is 39.2 Å². The molecule has 0 aliphatic heterocycles. The second kappa shape index (κ2) is 5.38. The van der Waals surface area contributed by atoms with Gasteiger partial charge in [-0.25, -0.2) is 0 Å². The van der Waals surface area contributed by atoms with Gasteiger partial charge in [0.05, 0.1) is 4.92 Å². The van der Waals surface area contributed by atoms with Crippen LogP contribution in [0.4, 0.5) is 11.4 Å². The number of benzene rings is 1. The van der Waals surface area contributed by atoms with E-state index in [1.807, 2.05) is 6.07 Å². The van der Waals surface area contributed by atoms with Gasteiger partial charge < -0.3 is 5.32 Å². The number of nitrogens with one attached hydrogen (secondary N) is 1. The summed E-state index contributed by atoms with van der Waals surface area (Å²) in [4.78, 5) is 10.6. The molecule has 0 saturated heterocycles. The minimum Gasteiger partial charge on any atom is -0.376 e. The highest BCUT2D eigenvalue weighted by molar-refractivity contribution is 5.61. The van der Waals surface area contributed by atoms with Crippen LogP contribution in [0.5, 0.6) is 0 Å². The SMILES string of the molecule is CCC1CCC(Nc2ccccc2[N+](=O)[O-])C1C. The van der Waals surface area contributed by atoms with Gasteiger partial charge >= 0.3 is 0 Å². The van der Waals surface area contributed by atoms with Crippen molar-refractivity contribution in [1.29, 1.82) is 0 Å². The number of hydrogen-bond donors (Lipinski definition) is 1. The molecular weight excluding hydrogens is 228 g/mol. The summed E-state index contributed by atoms with van der Waals surface area (Å²) in [7, 11) is 0. The van der Waals surface area contributed by atoms with Crippen LogP contribution in [0.3, 0.4) is 0 Å². The molecule has 0 spiro atoms. The first-order chi connectivity index (χ1) is 8.63. The van der Waals surface area contributed by atoms with Gasteiger partial charge in [-0.3, -0.25) is 10.1 Å². The van der Waals surface area contributed by atoms with Crippen LogP contribution >= 0.6 is 0 Å². The molecule has 1 aliphatic carbocycles. The van der Waals surface area contributed by atoms with Crippen LogP contribution < -0.4 is 5.32 Å². The molecule has 4 heteroatoms. The third kappa shape index (κ3) is 2.47. The van der Waals surface area contributed by atoms with Crippen molar-refractivity contribution in [2.24, 2.45) is 11.8 Å². The predicted molar refractivity (Wildman–Crippen MR) is 72.7 cm³/mol. The van der Waals surface area contributed by atoms with Gasteiger partial charge in [-0.2, -0.15) is 0 Å². The van der Waals surface area contributed by atoms with Crippen LogP contribution in [0.25, 0.3) is 0 Å². The van der Waals surface area contributed by atoms with Gasteiger partial charge in [-0.1, -0.05) is 32.4 Å². The van der Waals surface area contributed by atoms with Gasteiger partial charge in [0, 0.05) is 12.1 Å². The molecule has 18 heavy (non-hydrogen) atoms. The summed E-state index contributed by atoms with van der Waals surface area (Å²) in [6.07, 6.45) is 3.51. The monoisotopic (exact) mass is 248 g/mol. The maximum atomic E-state index is 11.0. The zero-order valence-corrected chi connectivity index (χ0v) is 10.9. The molecule has 3 unspecified atom stereocenters. The average Bonchev–Trinajstić information content (AvgIpc) is 2.71. The second-order valence-corrected chi connectivity index (χ2v) is 5.13. The van der Waals surface area contributed by atoms with Crippen molar-refractivity contribution in [2.75, 3.05) is 5.32 Å². The molecular formula is C14H20N2O2. The van der Waals surface area contributed by atoms with Gasteiger partial charge in [0.2, 0.25) is 0 Å². The van der Waals surface area contributed by atoms with Gasteiger partial charge in [0.15, 0.2) is 0 Å². The summed E-state index contributed by atoms with van der Waals surface area (Å²) < 4.78 is 0. The molecule has 4 nitrogen and oxygen atoms in total. The molecule has 1 aliphatic rings. The second-order valence-electron chi connectivity index (χ2n) is 5.13. The fourth-order valence-corrected chi connectivity index (χ4v) is 2.98. The molecule has 0 aromatic heterocycles. The molecule has 0 bridgehead atoms. The summed E-state index contributed by atoms with van der Waals surface area (Å²) in [6.45, 7) is 4.46. The minimum atomic E-state index is -0.320. The van der Waals surface area contributed by atoms with Crippen molar-refractivity contribution < 1.29 is 4.92 Å². The lowest BCUT2D eigenvalue weighted by Crippen LogP contribution is -2.25. The zero-order valence-electron chi connectivity index (χ0n) is 10.9. The smallest absolute Gasteiger partial charge is 0.292 e. The predicted octanol–water partition coefficient (Wildman–Crippen LogP) is 3.83. The molecule has 0 heterocycles. The number of rotatable bonds is 4. The Morgan fingerprint density at radius 1 is 1.39 bits per heavy atom. The highest BCUT2D eigenvalue weighted by Gasteiger charge is 2.32. The van der Waals surface area contributed by atoms with Gasteiger partial charge in [-0.05, 0) is 30.7 Å². The van der Waals surface area contributed by atoms with Crippen molar-refractivity contribution in [3.05, 3.63) is 34.4 Å². The Morgan fingerprint density at radius 2 is 2.11 bits per heavy atom. The highest BCUT2D eigenvalue weighted by atomic mass is 16.6. The van der Waals surface area contributed by atoms with Crippen LogP contribution in [-0.4, -0.2) is 11.0 Å². The maximum absolute atomic E-state index is 11.0. The van der Waals surface area contributed by atoms with Crippen LogP contribution in [0, 0.1) is 22.0 Å². The lowest BCUT2D eigenvalue weighted by atomic mass is 9.93. The number of anilines is 1. The topological polar surface area (TPSA) is 55.2 Å². The fraction of sp³-hybridized carbons (Fsp3) is 0.571. The van der Waals surface area contributed by atoms with E-state index in [2.05, 4.69) is 19.2 Å². The summed E-state index contributed by atoms with van der Waals surface area (Å²) in [5.74, 6) is 1.32. The zero-order chi connectivity index (χ0) is 13.1. The van der Waals surface area contributed by atoms with Crippen molar-refractivity contribution in [3.63, 3.8) is 0 Å². The number of para-hydroxylation sites is 2. The van der Waals surface area contributed by atoms with E-state index in [1.54, 1.807) is 18.2 Å². The minimum absolute atomic E-state index is 0.171. The fourth-order valence-electron chi connectivity index (χ4n) is 2.98. The normalized spacial score (nSPS) is 27.1. The van der Waals surface area contributed by atoms with E-state index in [1.165, 1.54) is 12.8 Å². The van der Waals surface area contributed by atoms with Gasteiger partial charge in [0.1, 0.15) is 5.69 Å². The van der Waals surface area contributed by atoms with Crippen molar-refractivity contribution >= 4 is 11.4 Å². The largest absolute Gasteiger partial charge is 0.376 e. The molecule has 1 saturated carbocycles. The molecule has 1 aromatic carbocycles. The van der Waals surface area contributed by atoms with Crippen LogP contribution in [-0.2, 0) is 0 Å². The maximum Gasteiger partial charge on any atom is 0.292 e. The summed E-state index contributed by atoms with van der Waals surface area (Å²) >= 11 is 0. The molecule has 1 N–H and O–H groups in total. The van der Waals surface area contributed by atoms with E-state index in [9.17, 15) is 10.1 Å². The summed E-state index contributed by atoms with van der Waals surface area (Å²) in [5, 5.41) is 14.3. The van der Waals surface area contributed by atoms with Crippen molar-refractivity contribution in [3.8, 4) is 0 Å². The summed E-state index contributed by atoms with van der Waals surface area (Å²) in [6, 6.07) is 7.25. The molecule has 0 radical (unpaired) electrons. The lowest BCUT2D eigenvalue weighted by Gasteiger charge is -2.21. The van der Waals surface area contributed by atoms with Gasteiger partial charge in [-0.15, -0.1) is 0 Å². The number of hydrogen-bond acceptors (Lipinski definition) is 3. The van der Waals surface area contributed by atoms with Crippen LogP contribution in [0.1, 0.15) is 33.1 Å². The Kier molecular flexibility index (Phi) is 3.84. The quantitative estimate of drug-likeness (QED) is 0.650. The molecule has 0 amide bonds. The Hall–Kier alpha value is -1.58. The van der Waals surface area contributed by atoms with Crippen molar-refractivity contribution in [1.82, 2.24) is 0 Å². The van der Waals surface area contributed by atoms with E-state index in [-0.39, 0.29) is 10.6 Å². The highest BCUT2D eigenvalue weighted by Crippen LogP contribution is 2.37. The number of nitrogens with zero attached hydrogens (tertiary/aromatic N) is 1. The van der Waals surface area contributed by atoms with Crippen LogP contribution in [0.2, 0.25) is 0 Å². The number of nitro benzene ring substituents is 1. The Bertz CT molecular complexity index is 434. The van der Waals surface area contributed by atoms with E-state index in [4.69, 9.17) is 0 Å². The van der Waals surface area contributed by atoms with E-state index in [0.29, 0.717) is 17.6 Å². The first-order valence-corrected chi connectivity index (χ1v) is 6.63. The third-order valence-corrected chi connectivity index (χ3v) is 4.19. The Balaban J connectivity index is 2.13. The van der Waals surface area contributed by atoms with E-state index >= 15 is 0 Å². The molecule has 98 valence electrons. The standard InChI is InChI=1S/C14H20N2O2/c1-3-11-8-9-12(10(11)2)15-13-6-4-5-7-14(13)16(17)18/h4-7,10-12,15H,3,8-9H2,1-2H3. The average molecular weight is 248 g/mol. The van der Waals surface area contributed by atoms with E-state index in [0.717, 1.165) is 12.3 Å². The first-order valence-electron chi connectivity index (χ1n) is 6.63. The van der Waals surface area contributed by atoms with Crippen LogP contribution in [0.15, 0.2) is 24.3 Å². The Morgan fingerprint density at radius 3 is 2.72 bits per heavy atom. The summed E-state index contributed by atoms with van der Waals surface area (Å²) in [5.41, 5.74) is 0.820. The molecule has 1 aromatic rings. The molecule has 3 atom stereocenters. The molecule has 1 fully saturated rings. The third-order valence-electron chi connectivity index (χ3n) is 4.19. The lowest BCUT2D eigenvalue weighted by molar-refractivity contribution is -0.384. The Labute approximate surface area is 108 Å². The van der Waals surface area contributed by atoms with Gasteiger partial charge in [0.25, 0.3) is 5.69 Å². The molecule has 2 rings (SSSR count).